The minimum Gasteiger partial charge on any atom is -0.459 e. The maximum absolute atomic E-state index is 14.0. The molecule has 2 aliphatic carbocycles. The van der Waals surface area contributed by atoms with Crippen molar-refractivity contribution in [1.82, 2.24) is 4.90 Å². The minimum absolute atomic E-state index is 0.0315. The van der Waals surface area contributed by atoms with Gasteiger partial charge in [-0.25, -0.2) is 4.79 Å². The maximum atomic E-state index is 14.0. The Morgan fingerprint density at radius 2 is 1.63 bits per heavy atom. The van der Waals surface area contributed by atoms with Gasteiger partial charge in [0.2, 0.25) is 5.79 Å². The van der Waals surface area contributed by atoms with Gasteiger partial charge in [0.15, 0.2) is 0 Å². The van der Waals surface area contributed by atoms with Crippen molar-refractivity contribution in [3.63, 3.8) is 0 Å². The third-order valence-electron chi connectivity index (χ3n) is 12.3. The quantitative estimate of drug-likeness (QED) is 0.0399. The highest BCUT2D eigenvalue weighted by atomic mass is 16.7. The third-order valence-corrected chi connectivity index (χ3v) is 12.3. The molecule has 1 amide bonds. The van der Waals surface area contributed by atoms with E-state index in [9.17, 15) is 20.1 Å². The summed E-state index contributed by atoms with van der Waals surface area (Å²) < 4.78 is 32.1. The molecule has 3 aliphatic rings. The Kier molecular flexibility index (Phi) is 15.7. The van der Waals surface area contributed by atoms with E-state index in [-0.39, 0.29) is 77.0 Å². The van der Waals surface area contributed by atoms with Crippen LogP contribution in [-0.4, -0.2) is 97.1 Å². The molecule has 12 heteroatoms. The Balaban J connectivity index is 1.41. The van der Waals surface area contributed by atoms with Gasteiger partial charge in [0.05, 0.1) is 45.2 Å². The Hall–Kier alpha value is -5.24. The number of hydrogen-bond acceptors (Lipinski definition) is 11. The maximum Gasteiger partial charge on any atom is 0.410 e. The summed E-state index contributed by atoms with van der Waals surface area (Å²) in [6.45, 7) is 4.73. The third kappa shape index (κ3) is 10.0. The van der Waals surface area contributed by atoms with E-state index in [1.165, 1.54) is 7.11 Å². The molecule has 6 atom stereocenters. The van der Waals surface area contributed by atoms with Gasteiger partial charge in [-0.2, -0.15) is 0 Å². The highest BCUT2D eigenvalue weighted by Crippen LogP contribution is 2.62. The van der Waals surface area contributed by atoms with Gasteiger partial charge >= 0.3 is 6.09 Å². The van der Waals surface area contributed by atoms with Gasteiger partial charge in [0.25, 0.3) is 0 Å². The number of rotatable bonds is 22. The van der Waals surface area contributed by atoms with Crippen LogP contribution in [0.3, 0.4) is 0 Å². The van der Waals surface area contributed by atoms with E-state index >= 15 is 0 Å². The molecule has 62 heavy (non-hydrogen) atoms. The number of ether oxygens (including phenoxy) is 5. The summed E-state index contributed by atoms with van der Waals surface area (Å²) in [6, 6.07) is 29.2. The standard InChI is InChI=1S/C50H60N2O10/c1-3-27-59-50-46(52(49(56)57-2)23-28-58-29-26-55)33-44(51-60-34-35-13-5-4-6-14-35)42-31-38(17-9-11-24-53)41(18-10-12-25-54)47(48(42)50)43-32-40(21-22-45(43)62-50)61-39-20-19-36-15-7-8-16-37(36)30-39/h3-8,13-16,19-22,30-32,38,41,46-48,53-55H,1,9-12,17-18,23-29,33-34H2,2H3/t38-,41+,46-,47+,48+,50+/m0/s1. The number of carbonyl (C=O) groups is 1. The van der Waals surface area contributed by atoms with Crippen LogP contribution in [0.25, 0.3) is 10.8 Å². The summed E-state index contributed by atoms with van der Waals surface area (Å²) >= 11 is 0. The zero-order chi connectivity index (χ0) is 43.3. The van der Waals surface area contributed by atoms with Gasteiger partial charge in [-0.1, -0.05) is 90.8 Å². The number of allylic oxidation sites excluding steroid dienone is 1. The lowest BCUT2D eigenvalue weighted by atomic mass is 9.55. The Morgan fingerprint density at radius 3 is 2.39 bits per heavy atom. The second kappa shape index (κ2) is 21.7. The average molecular weight is 849 g/mol. The molecule has 7 rings (SSSR count). The van der Waals surface area contributed by atoms with Crippen LogP contribution in [0.1, 0.15) is 62.0 Å². The van der Waals surface area contributed by atoms with E-state index < -0.39 is 23.8 Å². The molecule has 1 aliphatic heterocycles. The molecular formula is C50H60N2O10. The summed E-state index contributed by atoms with van der Waals surface area (Å²) in [5, 5.41) is 36.5. The van der Waals surface area contributed by atoms with Crippen LogP contribution in [0.4, 0.5) is 4.79 Å². The SMILES string of the molecule is C=CCO[C@@]12Oc3ccc(Oc4ccc5ccccc5c4)cc3[C@H]3[C@H](CCCCO)[C@@H](CCCCO)C=C(C(=NOCc4ccccc4)C[C@@H]1N(CCOCCO)C(=O)OC)[C@H]32. The first-order chi connectivity index (χ1) is 30.4. The Morgan fingerprint density at radius 1 is 0.887 bits per heavy atom. The molecule has 3 N–H and O–H groups in total. The number of aliphatic hydroxyl groups excluding tert-OH is 3. The van der Waals surface area contributed by atoms with Crippen molar-refractivity contribution in [3.05, 3.63) is 126 Å². The van der Waals surface area contributed by atoms with Crippen LogP contribution in [0.5, 0.6) is 17.2 Å². The van der Waals surface area contributed by atoms with Gasteiger partial charge in [-0.3, -0.25) is 4.90 Å². The van der Waals surface area contributed by atoms with Crippen LogP contribution in [0.15, 0.2) is 120 Å². The number of nitrogens with zero attached hydrogens (tertiary/aromatic N) is 2. The summed E-state index contributed by atoms with van der Waals surface area (Å²) in [7, 11) is 1.35. The fourth-order valence-electron chi connectivity index (χ4n) is 9.66. The number of oxime groups is 1. The fraction of sp³-hybridized carbons (Fsp3) is 0.440. The van der Waals surface area contributed by atoms with E-state index in [4.69, 9.17) is 33.7 Å². The van der Waals surface area contributed by atoms with Crippen molar-refractivity contribution < 1.29 is 48.6 Å². The van der Waals surface area contributed by atoms with Gasteiger partial charge < -0.3 is 43.8 Å². The minimum atomic E-state index is -1.46. The smallest absolute Gasteiger partial charge is 0.410 e. The molecular weight excluding hydrogens is 789 g/mol. The zero-order valence-electron chi connectivity index (χ0n) is 35.6. The number of methoxy groups -OCH3 is 1. The molecule has 0 unspecified atom stereocenters. The molecule has 4 aromatic carbocycles. The number of fused-ring (bicyclic) bond motifs is 3. The lowest BCUT2D eigenvalue weighted by molar-refractivity contribution is -0.255. The molecule has 1 saturated carbocycles. The van der Waals surface area contributed by atoms with Crippen LogP contribution in [0.2, 0.25) is 0 Å². The topological polar surface area (TPSA) is 149 Å². The average Bonchev–Trinajstić information content (AvgIpc) is 3.30. The molecule has 12 nitrogen and oxygen atoms in total. The predicted octanol–water partition coefficient (Wildman–Crippen LogP) is 8.54. The highest BCUT2D eigenvalue weighted by Gasteiger charge is 2.65. The summed E-state index contributed by atoms with van der Waals surface area (Å²) in [6.07, 6.45) is 8.13. The van der Waals surface area contributed by atoms with Crippen molar-refractivity contribution in [1.29, 1.82) is 0 Å². The van der Waals surface area contributed by atoms with E-state index in [2.05, 4.69) is 36.9 Å². The molecule has 330 valence electrons. The first kappa shape index (κ1) is 44.8. The number of carbonyl (C=O) groups excluding carboxylic acids is 1. The number of unbranched alkanes of at least 4 members (excludes halogenated alkanes) is 2. The second-order valence-corrected chi connectivity index (χ2v) is 16.1. The van der Waals surface area contributed by atoms with Crippen LogP contribution < -0.4 is 9.47 Å². The molecule has 0 spiro atoms. The van der Waals surface area contributed by atoms with Crippen molar-refractivity contribution in [2.24, 2.45) is 22.9 Å². The Labute approximate surface area is 364 Å². The second-order valence-electron chi connectivity index (χ2n) is 16.1. The number of hydrogen-bond donors (Lipinski definition) is 3. The van der Waals surface area contributed by atoms with Crippen molar-refractivity contribution in [3.8, 4) is 17.2 Å². The number of aliphatic hydroxyl groups is 3. The van der Waals surface area contributed by atoms with Gasteiger partial charge in [-0.05, 0) is 89.8 Å². The van der Waals surface area contributed by atoms with Crippen molar-refractivity contribution >= 4 is 22.6 Å². The van der Waals surface area contributed by atoms with Crippen molar-refractivity contribution in [2.75, 3.05) is 53.3 Å². The largest absolute Gasteiger partial charge is 0.459 e. The Bertz CT molecular complexity index is 2160. The fourth-order valence-corrected chi connectivity index (χ4v) is 9.66. The van der Waals surface area contributed by atoms with Crippen LogP contribution in [0, 0.1) is 17.8 Å². The lowest BCUT2D eigenvalue weighted by Gasteiger charge is -2.59. The van der Waals surface area contributed by atoms with E-state index in [1.807, 2.05) is 66.7 Å². The summed E-state index contributed by atoms with van der Waals surface area (Å²) in [4.78, 5) is 21.8. The molecule has 0 bridgehead atoms. The predicted molar refractivity (Wildman–Crippen MR) is 237 cm³/mol. The van der Waals surface area contributed by atoms with Crippen LogP contribution in [-0.2, 0) is 25.7 Å². The monoisotopic (exact) mass is 848 g/mol. The van der Waals surface area contributed by atoms with Gasteiger partial charge in [-0.15, -0.1) is 6.58 Å². The molecule has 0 aromatic heterocycles. The van der Waals surface area contributed by atoms with Gasteiger partial charge in [0.1, 0.15) is 29.9 Å². The lowest BCUT2D eigenvalue weighted by Crippen LogP contribution is -2.70. The van der Waals surface area contributed by atoms with E-state index in [1.54, 1.807) is 11.0 Å². The van der Waals surface area contributed by atoms with E-state index in [0.29, 0.717) is 35.8 Å². The molecule has 4 aromatic rings. The summed E-state index contributed by atoms with van der Waals surface area (Å²) in [5.41, 5.74) is 3.49. The number of amides is 1. The molecule has 1 fully saturated rings. The molecule has 0 saturated heterocycles. The first-order valence-electron chi connectivity index (χ1n) is 21.9. The van der Waals surface area contributed by atoms with Crippen molar-refractivity contribution in [2.45, 2.75) is 69.3 Å². The normalized spacial score (nSPS) is 23.1. The summed E-state index contributed by atoms with van der Waals surface area (Å²) in [5.74, 6) is -0.170. The van der Waals surface area contributed by atoms with Crippen LogP contribution >= 0.6 is 0 Å². The van der Waals surface area contributed by atoms with Gasteiger partial charge in [0, 0.05) is 37.7 Å². The number of benzene rings is 4. The molecule has 1 heterocycles. The first-order valence-corrected chi connectivity index (χ1v) is 21.9. The molecule has 0 radical (unpaired) electrons. The zero-order valence-corrected chi connectivity index (χ0v) is 35.6. The highest BCUT2D eigenvalue weighted by molar-refractivity contribution is 6.03. The van der Waals surface area contributed by atoms with E-state index in [0.717, 1.165) is 53.2 Å².